The van der Waals surface area contributed by atoms with Crippen molar-refractivity contribution in [3.8, 4) is 5.75 Å². The molecule has 3 aromatic carbocycles. The summed E-state index contributed by atoms with van der Waals surface area (Å²) in [5.41, 5.74) is 2.45. The van der Waals surface area contributed by atoms with Gasteiger partial charge in [-0.2, -0.15) is 0 Å². The first kappa shape index (κ1) is 24.2. The van der Waals surface area contributed by atoms with E-state index >= 15 is 0 Å². The monoisotopic (exact) mass is 475 g/mol. The molecule has 1 aliphatic rings. The average Bonchev–Trinajstić information content (AvgIpc) is 3.11. The molecule has 0 unspecified atom stereocenters. The fourth-order valence-electron chi connectivity index (χ4n) is 4.15. The second-order valence-corrected chi connectivity index (χ2v) is 8.31. The van der Waals surface area contributed by atoms with Crippen molar-refractivity contribution in [3.05, 3.63) is 106 Å². The summed E-state index contributed by atoms with van der Waals surface area (Å²) in [6.07, 6.45) is 0. The number of hydrogen-bond donors (Lipinski definition) is 1. The highest BCUT2D eigenvalue weighted by atomic mass is 19.1. The fraction of sp³-hybridized carbons (Fsp3) is 0.214. The van der Waals surface area contributed by atoms with Crippen molar-refractivity contribution in [2.75, 3.05) is 20.3 Å². The third-order valence-electron chi connectivity index (χ3n) is 5.89. The van der Waals surface area contributed by atoms with Crippen LogP contribution >= 0.6 is 0 Å². The van der Waals surface area contributed by atoms with E-state index in [2.05, 4.69) is 0 Å². The zero-order valence-corrected chi connectivity index (χ0v) is 19.5. The first-order chi connectivity index (χ1) is 16.9. The van der Waals surface area contributed by atoms with Gasteiger partial charge in [-0.3, -0.25) is 9.59 Å². The smallest absolute Gasteiger partial charge is 0.295 e. The molecule has 0 aliphatic carbocycles. The second-order valence-electron chi connectivity index (χ2n) is 8.31. The first-order valence-corrected chi connectivity index (χ1v) is 11.2. The lowest BCUT2D eigenvalue weighted by molar-refractivity contribution is -0.140. The van der Waals surface area contributed by atoms with Gasteiger partial charge in [-0.1, -0.05) is 48.0 Å². The van der Waals surface area contributed by atoms with E-state index in [9.17, 15) is 19.1 Å². The maximum atomic E-state index is 14.7. The summed E-state index contributed by atoms with van der Waals surface area (Å²) in [6, 6.07) is 19.3. The lowest BCUT2D eigenvalue weighted by atomic mass is 9.95. The van der Waals surface area contributed by atoms with Crippen molar-refractivity contribution >= 4 is 17.4 Å². The van der Waals surface area contributed by atoms with Gasteiger partial charge >= 0.3 is 0 Å². The Hall–Kier alpha value is -3.97. The summed E-state index contributed by atoms with van der Waals surface area (Å²) in [5.74, 6) is -2.05. The molecule has 0 saturated carbocycles. The van der Waals surface area contributed by atoms with Gasteiger partial charge in [-0.15, -0.1) is 0 Å². The molecule has 180 valence electrons. The number of benzene rings is 3. The van der Waals surface area contributed by atoms with Crippen LogP contribution in [0.3, 0.4) is 0 Å². The zero-order chi connectivity index (χ0) is 24.9. The molecule has 4 rings (SSSR count). The number of rotatable bonds is 8. The highest BCUT2D eigenvalue weighted by Gasteiger charge is 2.46. The number of aliphatic hydroxyl groups is 1. The fourth-order valence-corrected chi connectivity index (χ4v) is 4.15. The molecule has 0 aromatic heterocycles. The van der Waals surface area contributed by atoms with E-state index in [1.165, 1.54) is 30.2 Å². The number of carbonyl (C=O) groups is 2. The third kappa shape index (κ3) is 5.10. The van der Waals surface area contributed by atoms with Gasteiger partial charge < -0.3 is 19.5 Å². The first-order valence-electron chi connectivity index (χ1n) is 11.2. The van der Waals surface area contributed by atoms with Crippen molar-refractivity contribution in [1.82, 2.24) is 4.90 Å². The van der Waals surface area contributed by atoms with E-state index in [4.69, 9.17) is 9.47 Å². The van der Waals surface area contributed by atoms with Crippen LogP contribution in [0.25, 0.3) is 5.76 Å². The van der Waals surface area contributed by atoms with Crippen LogP contribution in [0.5, 0.6) is 5.75 Å². The normalized spacial score (nSPS) is 17.1. The molecule has 0 radical (unpaired) electrons. The van der Waals surface area contributed by atoms with Crippen molar-refractivity contribution in [2.45, 2.75) is 19.6 Å². The lowest BCUT2D eigenvalue weighted by Gasteiger charge is -2.25. The second kappa shape index (κ2) is 10.5. The molecule has 1 fully saturated rings. The number of carbonyl (C=O) groups excluding carboxylic acids is 2. The Balaban J connectivity index is 1.65. The minimum atomic E-state index is -1.07. The predicted molar refractivity (Wildman–Crippen MR) is 129 cm³/mol. The van der Waals surface area contributed by atoms with Gasteiger partial charge in [0.15, 0.2) is 0 Å². The molecule has 0 bridgehead atoms. The van der Waals surface area contributed by atoms with E-state index in [-0.39, 0.29) is 30.0 Å². The van der Waals surface area contributed by atoms with Crippen molar-refractivity contribution in [3.63, 3.8) is 0 Å². The molecule has 3 aromatic rings. The summed E-state index contributed by atoms with van der Waals surface area (Å²) in [5, 5.41) is 11.1. The van der Waals surface area contributed by atoms with Crippen LogP contribution in [0.4, 0.5) is 4.39 Å². The van der Waals surface area contributed by atoms with Crippen molar-refractivity contribution in [1.29, 1.82) is 0 Å². The number of ether oxygens (including phenoxy) is 2. The third-order valence-corrected chi connectivity index (χ3v) is 5.89. The Bertz CT molecular complexity index is 1270. The maximum absolute atomic E-state index is 14.7. The predicted octanol–water partition coefficient (Wildman–Crippen LogP) is 4.78. The molecule has 7 heteroatoms. The molecular formula is C28H26FNO5. The van der Waals surface area contributed by atoms with Crippen LogP contribution in [-0.4, -0.2) is 42.0 Å². The van der Waals surface area contributed by atoms with Crippen LogP contribution in [0, 0.1) is 12.7 Å². The Labute approximate surface area is 203 Å². The molecule has 35 heavy (non-hydrogen) atoms. The van der Waals surface area contributed by atoms with Crippen molar-refractivity contribution in [2.24, 2.45) is 0 Å². The quantitative estimate of drug-likeness (QED) is 0.288. The number of aliphatic hydroxyl groups excluding tert-OH is 1. The van der Waals surface area contributed by atoms with E-state index in [1.54, 1.807) is 30.3 Å². The van der Waals surface area contributed by atoms with Gasteiger partial charge in [-0.05, 0) is 42.8 Å². The SMILES string of the molecule is COCCN1C(=O)C(=O)C(=C(O)c2ccc(OCc3cccc(C)c3)cc2)[C@H]1c1ccccc1F. The number of aryl methyl sites for hydroxylation is 1. The highest BCUT2D eigenvalue weighted by molar-refractivity contribution is 6.46. The molecule has 1 saturated heterocycles. The standard InChI is InChI=1S/C28H26FNO5/c1-18-6-5-7-19(16-18)17-35-21-12-10-20(11-13-21)26(31)24-25(22-8-3-4-9-23(22)29)30(14-15-34-2)28(33)27(24)32/h3-13,16,25,31H,14-15,17H2,1-2H3/t25-/m1/s1. The topological polar surface area (TPSA) is 76.1 Å². The zero-order valence-electron chi connectivity index (χ0n) is 19.5. The molecule has 1 heterocycles. The molecular weight excluding hydrogens is 449 g/mol. The van der Waals surface area contributed by atoms with Gasteiger partial charge in [0.25, 0.3) is 11.7 Å². The van der Waals surface area contributed by atoms with Gasteiger partial charge in [0.05, 0.1) is 18.2 Å². The largest absolute Gasteiger partial charge is 0.507 e. The Kier molecular flexibility index (Phi) is 7.27. The summed E-state index contributed by atoms with van der Waals surface area (Å²) >= 11 is 0. The summed E-state index contributed by atoms with van der Waals surface area (Å²) in [6.45, 7) is 2.62. The van der Waals surface area contributed by atoms with Gasteiger partial charge in [0.2, 0.25) is 0 Å². The minimum Gasteiger partial charge on any atom is -0.507 e. The van der Waals surface area contributed by atoms with Crippen LogP contribution < -0.4 is 4.74 Å². The number of ketones is 1. The number of nitrogens with zero attached hydrogens (tertiary/aromatic N) is 1. The number of hydrogen-bond acceptors (Lipinski definition) is 5. The summed E-state index contributed by atoms with van der Waals surface area (Å²) in [7, 11) is 1.47. The van der Waals surface area contributed by atoms with Gasteiger partial charge in [-0.25, -0.2) is 4.39 Å². The van der Waals surface area contributed by atoms with Gasteiger partial charge in [0, 0.05) is 24.8 Å². The van der Waals surface area contributed by atoms with E-state index in [0.29, 0.717) is 17.9 Å². The van der Waals surface area contributed by atoms with Gasteiger partial charge in [0.1, 0.15) is 23.9 Å². The summed E-state index contributed by atoms with van der Waals surface area (Å²) < 4.78 is 25.6. The van der Waals surface area contributed by atoms with E-state index in [1.807, 2.05) is 31.2 Å². The molecule has 6 nitrogen and oxygen atoms in total. The maximum Gasteiger partial charge on any atom is 0.295 e. The minimum absolute atomic E-state index is 0.0720. The number of likely N-dealkylation sites (tertiary alicyclic amines) is 1. The van der Waals surface area contributed by atoms with Crippen LogP contribution in [0.2, 0.25) is 0 Å². The average molecular weight is 476 g/mol. The highest BCUT2D eigenvalue weighted by Crippen LogP contribution is 2.40. The lowest BCUT2D eigenvalue weighted by Crippen LogP contribution is -2.33. The molecule has 1 atom stereocenters. The molecule has 1 aliphatic heterocycles. The number of Topliss-reactive ketones (excluding diaryl/α,β-unsaturated/α-hetero) is 1. The molecule has 0 spiro atoms. The number of halogens is 1. The van der Waals surface area contributed by atoms with E-state index in [0.717, 1.165) is 11.1 Å². The number of methoxy groups -OCH3 is 1. The Morgan fingerprint density at radius 3 is 2.46 bits per heavy atom. The van der Waals surface area contributed by atoms with Crippen LogP contribution in [0.1, 0.15) is 28.3 Å². The van der Waals surface area contributed by atoms with E-state index < -0.39 is 23.5 Å². The number of amides is 1. The molecule has 1 amide bonds. The Morgan fingerprint density at radius 1 is 1.03 bits per heavy atom. The molecule has 1 N–H and O–H groups in total. The Morgan fingerprint density at radius 2 is 1.77 bits per heavy atom. The summed E-state index contributed by atoms with van der Waals surface area (Å²) in [4.78, 5) is 27.0. The van der Waals surface area contributed by atoms with Crippen LogP contribution in [0.15, 0.2) is 78.4 Å². The van der Waals surface area contributed by atoms with Crippen molar-refractivity contribution < 1.29 is 28.6 Å². The van der Waals surface area contributed by atoms with Crippen LogP contribution in [-0.2, 0) is 20.9 Å².